The molecule has 1 aliphatic carbocycles. The van der Waals surface area contributed by atoms with Crippen molar-refractivity contribution < 1.29 is 12.8 Å². The molecule has 2 aliphatic rings. The van der Waals surface area contributed by atoms with Gasteiger partial charge >= 0.3 is 0 Å². The van der Waals surface area contributed by atoms with Crippen molar-refractivity contribution in [3.63, 3.8) is 0 Å². The van der Waals surface area contributed by atoms with Crippen LogP contribution in [0.2, 0.25) is 0 Å². The summed E-state index contributed by atoms with van der Waals surface area (Å²) in [5, 5.41) is 0.0818. The van der Waals surface area contributed by atoms with E-state index in [4.69, 9.17) is 0 Å². The van der Waals surface area contributed by atoms with Crippen LogP contribution in [0.3, 0.4) is 0 Å². The number of benzene rings is 1. The summed E-state index contributed by atoms with van der Waals surface area (Å²) in [5.74, 6) is -0.389. The van der Waals surface area contributed by atoms with E-state index in [2.05, 4.69) is 16.0 Å². The third kappa shape index (κ3) is 3.31. The van der Waals surface area contributed by atoms with E-state index in [9.17, 15) is 12.8 Å². The first-order chi connectivity index (χ1) is 12.5. The van der Waals surface area contributed by atoms with Crippen LogP contribution in [0, 0.1) is 0 Å². The lowest BCUT2D eigenvalue weighted by atomic mass is 10.1. The number of rotatable bonds is 4. The van der Waals surface area contributed by atoms with Gasteiger partial charge in [0.25, 0.3) is 0 Å². The van der Waals surface area contributed by atoms with Gasteiger partial charge in [0.1, 0.15) is 5.83 Å². The van der Waals surface area contributed by atoms with Gasteiger partial charge in [-0.15, -0.1) is 0 Å². The molecule has 1 atom stereocenters. The van der Waals surface area contributed by atoms with Crippen LogP contribution >= 0.6 is 0 Å². The highest BCUT2D eigenvalue weighted by atomic mass is 32.2. The summed E-state index contributed by atoms with van der Waals surface area (Å²) in [6, 6.07) is 7.59. The Bertz CT molecular complexity index is 992. The highest BCUT2D eigenvalue weighted by Crippen LogP contribution is 2.27. The second-order valence-electron chi connectivity index (χ2n) is 6.91. The molecule has 0 saturated carbocycles. The number of fused-ring (bicyclic) bond motifs is 1. The predicted octanol–water partition coefficient (Wildman–Crippen LogP) is 3.79. The number of allylic oxidation sites excluding steroid dienone is 3. The number of nitrogens with zero attached hydrogens (tertiary/aromatic N) is 2. The van der Waals surface area contributed by atoms with Crippen molar-refractivity contribution in [1.82, 2.24) is 9.88 Å². The molecule has 0 radical (unpaired) electrons. The van der Waals surface area contributed by atoms with E-state index in [1.807, 2.05) is 12.1 Å². The summed E-state index contributed by atoms with van der Waals surface area (Å²) < 4.78 is 38.8. The fraction of sp³-hybridized carbons (Fsp3) is 0.350. The smallest absolute Gasteiger partial charge is 0.186 e. The third-order valence-electron chi connectivity index (χ3n) is 5.10. The van der Waals surface area contributed by atoms with Gasteiger partial charge in [0.05, 0.1) is 15.7 Å². The standard InChI is InChI=1S/C20H21FN2O2S/c21-17-6-8-18(9-7-17)26(24,25)19-12-15-4-3-5-16(20(15)22-13-19)14-23-10-1-2-11-23/h3-8,12-13,18H,1-2,9-11,14H2. The maximum atomic E-state index is 13.1. The van der Waals surface area contributed by atoms with Gasteiger partial charge in [-0.05, 0) is 56.1 Å². The lowest BCUT2D eigenvalue weighted by molar-refractivity contribution is 0.332. The van der Waals surface area contributed by atoms with E-state index >= 15 is 0 Å². The van der Waals surface area contributed by atoms with Crippen LogP contribution in [-0.4, -0.2) is 36.6 Å². The van der Waals surface area contributed by atoms with Crippen molar-refractivity contribution in [3.8, 4) is 0 Å². The molecule has 0 amide bonds. The molecule has 1 unspecified atom stereocenters. The molecular weight excluding hydrogens is 351 g/mol. The first kappa shape index (κ1) is 17.4. The Hall–Kier alpha value is -2.05. The van der Waals surface area contributed by atoms with Crippen LogP contribution in [0.25, 0.3) is 10.9 Å². The van der Waals surface area contributed by atoms with Crippen molar-refractivity contribution in [2.24, 2.45) is 0 Å². The van der Waals surface area contributed by atoms with Crippen LogP contribution in [-0.2, 0) is 16.4 Å². The van der Waals surface area contributed by atoms with Crippen molar-refractivity contribution in [2.45, 2.75) is 36.0 Å². The zero-order valence-corrected chi connectivity index (χ0v) is 15.3. The van der Waals surface area contributed by atoms with Gasteiger partial charge in [0, 0.05) is 18.1 Å². The van der Waals surface area contributed by atoms with E-state index in [0.717, 1.165) is 36.1 Å². The van der Waals surface area contributed by atoms with Crippen molar-refractivity contribution in [1.29, 1.82) is 0 Å². The van der Waals surface area contributed by atoms with E-state index in [1.165, 1.54) is 37.3 Å². The normalized spacial score (nSPS) is 21.3. The Labute approximate surface area is 153 Å². The van der Waals surface area contributed by atoms with Crippen LogP contribution < -0.4 is 0 Å². The van der Waals surface area contributed by atoms with Gasteiger partial charge in [0.15, 0.2) is 9.84 Å². The fourth-order valence-electron chi connectivity index (χ4n) is 3.65. The zero-order chi connectivity index (χ0) is 18.1. The second kappa shape index (κ2) is 6.93. The van der Waals surface area contributed by atoms with E-state index in [0.29, 0.717) is 0 Å². The van der Waals surface area contributed by atoms with Crippen LogP contribution in [0.5, 0.6) is 0 Å². The number of likely N-dealkylation sites (tertiary alicyclic amines) is 1. The van der Waals surface area contributed by atoms with Gasteiger partial charge < -0.3 is 0 Å². The van der Waals surface area contributed by atoms with Crippen LogP contribution in [0.1, 0.15) is 24.8 Å². The third-order valence-corrected chi connectivity index (χ3v) is 7.13. The molecule has 1 saturated heterocycles. The number of aromatic nitrogens is 1. The Balaban J connectivity index is 1.66. The zero-order valence-electron chi connectivity index (χ0n) is 14.4. The first-order valence-electron chi connectivity index (χ1n) is 8.92. The van der Waals surface area contributed by atoms with Gasteiger partial charge in [-0.3, -0.25) is 9.88 Å². The lowest BCUT2D eigenvalue weighted by Gasteiger charge is -2.17. The van der Waals surface area contributed by atoms with E-state index in [1.54, 1.807) is 6.07 Å². The van der Waals surface area contributed by atoms with Crippen molar-refractivity contribution in [3.05, 3.63) is 60.1 Å². The van der Waals surface area contributed by atoms with E-state index in [-0.39, 0.29) is 17.1 Å². The summed E-state index contributed by atoms with van der Waals surface area (Å²) >= 11 is 0. The van der Waals surface area contributed by atoms with E-state index < -0.39 is 15.1 Å². The second-order valence-corrected chi connectivity index (χ2v) is 9.08. The maximum absolute atomic E-state index is 13.1. The molecule has 0 spiro atoms. The summed E-state index contributed by atoms with van der Waals surface area (Å²) in [4.78, 5) is 7.07. The van der Waals surface area contributed by atoms with Crippen molar-refractivity contribution >= 4 is 20.7 Å². The predicted molar refractivity (Wildman–Crippen MR) is 100 cm³/mol. The summed E-state index contributed by atoms with van der Waals surface area (Å²) in [5.41, 5.74) is 1.97. The summed E-state index contributed by atoms with van der Waals surface area (Å²) in [6.45, 7) is 3.04. The molecule has 136 valence electrons. The molecule has 4 nitrogen and oxygen atoms in total. The minimum Gasteiger partial charge on any atom is -0.299 e. The maximum Gasteiger partial charge on any atom is 0.186 e. The highest BCUT2D eigenvalue weighted by Gasteiger charge is 2.27. The molecule has 1 aromatic heterocycles. The highest BCUT2D eigenvalue weighted by molar-refractivity contribution is 7.92. The van der Waals surface area contributed by atoms with Gasteiger partial charge in [-0.2, -0.15) is 0 Å². The average molecular weight is 372 g/mol. The minimum absolute atomic E-state index is 0.150. The average Bonchev–Trinajstić information content (AvgIpc) is 3.15. The number of para-hydroxylation sites is 1. The number of hydrogen-bond donors (Lipinski definition) is 0. The van der Waals surface area contributed by atoms with Gasteiger partial charge in [-0.25, -0.2) is 12.8 Å². The Kier molecular flexibility index (Phi) is 4.63. The number of hydrogen-bond acceptors (Lipinski definition) is 4. The quantitative estimate of drug-likeness (QED) is 0.819. The number of pyridine rings is 1. The molecule has 26 heavy (non-hydrogen) atoms. The summed E-state index contributed by atoms with van der Waals surface area (Å²) in [7, 11) is -3.58. The Morgan fingerprint density at radius 2 is 2.04 bits per heavy atom. The number of sulfone groups is 1. The molecule has 6 heteroatoms. The van der Waals surface area contributed by atoms with Crippen LogP contribution in [0.4, 0.5) is 4.39 Å². The lowest BCUT2D eigenvalue weighted by Crippen LogP contribution is -2.20. The Morgan fingerprint density at radius 3 is 2.77 bits per heavy atom. The molecule has 0 bridgehead atoms. The van der Waals surface area contributed by atoms with Gasteiger partial charge in [-0.1, -0.05) is 24.3 Å². The molecule has 2 aromatic rings. The monoisotopic (exact) mass is 372 g/mol. The van der Waals surface area contributed by atoms with Crippen LogP contribution in [0.15, 0.2) is 59.4 Å². The molecule has 1 aromatic carbocycles. The molecular formula is C20H21FN2O2S. The van der Waals surface area contributed by atoms with Gasteiger partial charge in [0.2, 0.25) is 0 Å². The number of halogens is 1. The SMILES string of the molecule is O=S(=O)(c1cnc2c(CN3CCCC3)cccc2c1)C1C=CC(F)=CC1. The molecule has 0 N–H and O–H groups in total. The topological polar surface area (TPSA) is 50.3 Å². The van der Waals surface area contributed by atoms with Crippen molar-refractivity contribution in [2.75, 3.05) is 13.1 Å². The fourth-order valence-corrected chi connectivity index (χ4v) is 5.12. The first-order valence-corrected chi connectivity index (χ1v) is 10.5. The largest absolute Gasteiger partial charge is 0.299 e. The molecule has 1 aliphatic heterocycles. The summed E-state index contributed by atoms with van der Waals surface area (Å²) in [6.07, 6.45) is 7.98. The Morgan fingerprint density at radius 1 is 1.23 bits per heavy atom. The molecule has 2 heterocycles. The minimum atomic E-state index is -3.58. The molecule has 4 rings (SSSR count). The molecule has 1 fully saturated rings.